The Morgan fingerprint density at radius 2 is 0.800 bits per heavy atom. The first-order chi connectivity index (χ1) is 9.77. The third kappa shape index (κ3) is 1.33. The van der Waals surface area contributed by atoms with E-state index in [0.29, 0.717) is 0 Å². The lowest BCUT2D eigenvalue weighted by atomic mass is 9.93. The van der Waals surface area contributed by atoms with Gasteiger partial charge < -0.3 is 11.5 Å². The fourth-order valence-electron chi connectivity index (χ4n) is 3.11. The van der Waals surface area contributed by atoms with Crippen molar-refractivity contribution in [2.75, 3.05) is 11.5 Å². The van der Waals surface area contributed by atoms with Gasteiger partial charge in [-0.15, -0.1) is 0 Å². The lowest BCUT2D eigenvalue weighted by Gasteiger charge is -2.13. The van der Waals surface area contributed by atoms with Crippen LogP contribution in [0.4, 0.5) is 11.4 Å². The van der Waals surface area contributed by atoms with Crippen LogP contribution < -0.4 is 11.5 Å². The molecule has 2 nitrogen and oxygen atoms in total. The van der Waals surface area contributed by atoms with Crippen LogP contribution in [0.1, 0.15) is 0 Å². The maximum Gasteiger partial charge on any atom is 0.0400 e. The second-order valence-corrected chi connectivity index (χ2v) is 5.09. The van der Waals surface area contributed by atoms with Crippen molar-refractivity contribution in [3.8, 4) is 0 Å². The monoisotopic (exact) mass is 258 g/mol. The van der Waals surface area contributed by atoms with Crippen LogP contribution in [0, 0.1) is 0 Å². The summed E-state index contributed by atoms with van der Waals surface area (Å²) in [6.45, 7) is 0. The molecule has 0 saturated carbocycles. The molecule has 20 heavy (non-hydrogen) atoms. The van der Waals surface area contributed by atoms with Crippen LogP contribution in [0.25, 0.3) is 32.3 Å². The Kier molecular flexibility index (Phi) is 2.15. The molecule has 0 aromatic heterocycles. The molecule has 0 aliphatic rings. The van der Waals surface area contributed by atoms with Gasteiger partial charge >= 0.3 is 0 Å². The number of fused-ring (bicyclic) bond motifs is 6. The van der Waals surface area contributed by atoms with Gasteiger partial charge in [0.1, 0.15) is 0 Å². The van der Waals surface area contributed by atoms with Crippen LogP contribution in [0.15, 0.2) is 60.7 Å². The fraction of sp³-hybridized carbons (Fsp3) is 0. The van der Waals surface area contributed by atoms with Crippen LogP contribution in [-0.4, -0.2) is 0 Å². The van der Waals surface area contributed by atoms with E-state index in [4.69, 9.17) is 11.5 Å². The molecule has 4 N–H and O–H groups in total. The van der Waals surface area contributed by atoms with E-state index in [9.17, 15) is 0 Å². The molecule has 0 bridgehead atoms. The molecule has 0 amide bonds. The number of hydrogen-bond donors (Lipinski definition) is 2. The molecule has 0 atom stereocenters. The van der Waals surface area contributed by atoms with Gasteiger partial charge in [-0.3, -0.25) is 0 Å². The van der Waals surface area contributed by atoms with Gasteiger partial charge in [0.25, 0.3) is 0 Å². The molecule has 0 unspecified atom stereocenters. The highest BCUT2D eigenvalue weighted by Crippen LogP contribution is 2.39. The molecule has 0 fully saturated rings. The largest absolute Gasteiger partial charge is 0.398 e. The van der Waals surface area contributed by atoms with E-state index in [0.717, 1.165) is 43.7 Å². The van der Waals surface area contributed by atoms with Crippen molar-refractivity contribution < 1.29 is 0 Å². The molecule has 0 heterocycles. The van der Waals surface area contributed by atoms with Gasteiger partial charge in [-0.25, -0.2) is 0 Å². The van der Waals surface area contributed by atoms with Gasteiger partial charge in [0.2, 0.25) is 0 Å². The molecule has 4 rings (SSSR count). The summed E-state index contributed by atoms with van der Waals surface area (Å²) in [7, 11) is 0. The molecule has 0 aliphatic heterocycles. The Balaban J connectivity index is 2.49. The maximum absolute atomic E-state index is 6.22. The summed E-state index contributed by atoms with van der Waals surface area (Å²) in [6.07, 6.45) is 0. The Morgan fingerprint density at radius 1 is 0.450 bits per heavy atom. The molecule has 96 valence electrons. The van der Waals surface area contributed by atoms with Crippen molar-refractivity contribution in [1.29, 1.82) is 0 Å². The number of nitrogen functional groups attached to an aromatic ring is 2. The average Bonchev–Trinajstić information content (AvgIpc) is 2.47. The Hall–Kier alpha value is -2.74. The first-order valence-corrected chi connectivity index (χ1v) is 6.64. The van der Waals surface area contributed by atoms with E-state index in [2.05, 4.69) is 24.3 Å². The van der Waals surface area contributed by atoms with E-state index in [1.807, 2.05) is 36.4 Å². The second-order valence-electron chi connectivity index (χ2n) is 5.09. The Labute approximate surface area is 116 Å². The van der Waals surface area contributed by atoms with Crippen molar-refractivity contribution in [3.63, 3.8) is 0 Å². The summed E-state index contributed by atoms with van der Waals surface area (Å²) >= 11 is 0. The Morgan fingerprint density at radius 3 is 1.20 bits per heavy atom. The lowest BCUT2D eigenvalue weighted by Crippen LogP contribution is -1.92. The highest BCUT2D eigenvalue weighted by atomic mass is 14.6. The fourth-order valence-corrected chi connectivity index (χ4v) is 3.11. The summed E-state index contributed by atoms with van der Waals surface area (Å²) in [4.78, 5) is 0. The summed E-state index contributed by atoms with van der Waals surface area (Å²) in [5.41, 5.74) is 14.1. The van der Waals surface area contributed by atoms with E-state index < -0.39 is 0 Å². The minimum absolute atomic E-state index is 0.808. The minimum atomic E-state index is 0.808. The molecule has 4 aromatic carbocycles. The minimum Gasteiger partial charge on any atom is -0.398 e. The highest BCUT2D eigenvalue weighted by molar-refractivity contribution is 6.30. The van der Waals surface area contributed by atoms with Crippen LogP contribution in [0.3, 0.4) is 0 Å². The van der Waals surface area contributed by atoms with Crippen LogP contribution in [0.5, 0.6) is 0 Å². The van der Waals surface area contributed by atoms with Crippen molar-refractivity contribution in [1.82, 2.24) is 0 Å². The van der Waals surface area contributed by atoms with Gasteiger partial charge in [0, 0.05) is 22.1 Å². The SMILES string of the molecule is Nc1cccc2c3cccc(N)c3c3ccccc3c12. The normalized spacial score (nSPS) is 11.4. The maximum atomic E-state index is 6.22. The number of hydrogen-bond acceptors (Lipinski definition) is 2. The van der Waals surface area contributed by atoms with Crippen LogP contribution >= 0.6 is 0 Å². The van der Waals surface area contributed by atoms with Gasteiger partial charge in [0.15, 0.2) is 0 Å². The first kappa shape index (κ1) is 11.1. The Bertz CT molecular complexity index is 851. The van der Waals surface area contributed by atoms with Crippen LogP contribution in [0.2, 0.25) is 0 Å². The first-order valence-electron chi connectivity index (χ1n) is 6.64. The van der Waals surface area contributed by atoms with Crippen molar-refractivity contribution in [2.24, 2.45) is 0 Å². The summed E-state index contributed by atoms with van der Waals surface area (Å²) in [6, 6.07) is 20.4. The molecular weight excluding hydrogens is 244 g/mol. The van der Waals surface area contributed by atoms with Crippen LogP contribution in [-0.2, 0) is 0 Å². The molecule has 0 spiro atoms. The van der Waals surface area contributed by atoms with Gasteiger partial charge in [-0.2, -0.15) is 0 Å². The topological polar surface area (TPSA) is 52.0 Å². The zero-order valence-electron chi connectivity index (χ0n) is 10.9. The average molecular weight is 258 g/mol. The van der Waals surface area contributed by atoms with Gasteiger partial charge in [-0.05, 0) is 33.7 Å². The zero-order valence-corrected chi connectivity index (χ0v) is 10.9. The molecule has 2 heteroatoms. The molecule has 0 saturated heterocycles. The van der Waals surface area contributed by atoms with Crippen molar-refractivity contribution >= 4 is 43.7 Å². The van der Waals surface area contributed by atoms with E-state index in [-0.39, 0.29) is 0 Å². The lowest BCUT2D eigenvalue weighted by molar-refractivity contribution is 1.74. The summed E-state index contributed by atoms with van der Waals surface area (Å²) < 4.78 is 0. The van der Waals surface area contributed by atoms with Gasteiger partial charge in [-0.1, -0.05) is 48.5 Å². The summed E-state index contributed by atoms with van der Waals surface area (Å²) in [5, 5.41) is 6.86. The van der Waals surface area contributed by atoms with Crippen molar-refractivity contribution in [3.05, 3.63) is 60.7 Å². The number of nitrogens with two attached hydrogens (primary N) is 2. The quantitative estimate of drug-likeness (QED) is 0.365. The summed E-state index contributed by atoms with van der Waals surface area (Å²) in [5.74, 6) is 0. The number of benzene rings is 4. The van der Waals surface area contributed by atoms with Crippen molar-refractivity contribution in [2.45, 2.75) is 0 Å². The predicted octanol–water partition coefficient (Wildman–Crippen LogP) is 4.31. The smallest absolute Gasteiger partial charge is 0.0400 e. The van der Waals surface area contributed by atoms with Gasteiger partial charge in [0.05, 0.1) is 0 Å². The third-order valence-corrected chi connectivity index (χ3v) is 3.95. The third-order valence-electron chi connectivity index (χ3n) is 3.95. The highest BCUT2D eigenvalue weighted by Gasteiger charge is 2.11. The predicted molar refractivity (Wildman–Crippen MR) is 87.8 cm³/mol. The second kappa shape index (κ2) is 3.87. The van der Waals surface area contributed by atoms with E-state index in [1.165, 1.54) is 0 Å². The zero-order chi connectivity index (χ0) is 13.7. The number of anilines is 2. The van der Waals surface area contributed by atoms with E-state index >= 15 is 0 Å². The standard InChI is InChI=1S/C18H14N2/c19-15-9-3-7-13-14-8-4-10-16(20)18(14)12-6-2-1-5-11(12)17(13)15/h1-10H,19-20H2. The molecule has 0 aliphatic carbocycles. The van der Waals surface area contributed by atoms with E-state index in [1.54, 1.807) is 0 Å². The molecule has 0 radical (unpaired) electrons. The molecule has 4 aromatic rings. The molecular formula is C18H14N2. The number of rotatable bonds is 0.